The minimum atomic E-state index is -0.776. The highest BCUT2D eigenvalue weighted by Crippen LogP contribution is 1.97. The van der Waals surface area contributed by atoms with Gasteiger partial charge in [-0.25, -0.2) is 4.98 Å². The van der Waals surface area contributed by atoms with Crippen LogP contribution in [0.2, 0.25) is 0 Å². The molecule has 0 bridgehead atoms. The van der Waals surface area contributed by atoms with Gasteiger partial charge < -0.3 is 15.0 Å². The van der Waals surface area contributed by atoms with Crippen LogP contribution >= 0.6 is 0 Å². The topological polar surface area (TPSA) is 67.2 Å². The molecule has 14 heavy (non-hydrogen) atoms. The molecule has 0 aliphatic heterocycles. The number of nitrogens with zero attached hydrogens (tertiary/aromatic N) is 2. The predicted molar refractivity (Wildman–Crippen MR) is 51.9 cm³/mol. The van der Waals surface area contributed by atoms with Crippen LogP contribution in [0.25, 0.3) is 0 Å². The lowest BCUT2D eigenvalue weighted by molar-refractivity contribution is -0.136. The summed E-state index contributed by atoms with van der Waals surface area (Å²) < 4.78 is 2.02. The zero-order chi connectivity index (χ0) is 10.4. The van der Waals surface area contributed by atoms with Crippen molar-refractivity contribution in [1.29, 1.82) is 0 Å². The summed E-state index contributed by atoms with van der Waals surface area (Å²) in [5, 5.41) is 11.5. The second-order valence-corrected chi connectivity index (χ2v) is 2.99. The fraction of sp³-hybridized carbons (Fsp3) is 0.556. The molecule has 2 N–H and O–H groups in total. The van der Waals surface area contributed by atoms with E-state index in [1.165, 1.54) is 0 Å². The third-order valence-electron chi connectivity index (χ3n) is 1.96. The molecule has 1 aromatic rings. The van der Waals surface area contributed by atoms with Crippen LogP contribution in [0.3, 0.4) is 0 Å². The minimum absolute atomic E-state index is 0.153. The number of rotatable bonds is 6. The number of hydrogen-bond donors (Lipinski definition) is 2. The third kappa shape index (κ3) is 3.18. The molecular formula is C9H15N3O2. The van der Waals surface area contributed by atoms with Gasteiger partial charge >= 0.3 is 5.97 Å². The van der Waals surface area contributed by atoms with Crippen molar-refractivity contribution < 1.29 is 9.90 Å². The van der Waals surface area contributed by atoms with Gasteiger partial charge in [-0.2, -0.15) is 0 Å². The average Bonchev–Trinajstić information content (AvgIpc) is 2.59. The molecule has 0 aliphatic rings. The van der Waals surface area contributed by atoms with Crippen molar-refractivity contribution in [1.82, 2.24) is 14.9 Å². The van der Waals surface area contributed by atoms with Gasteiger partial charge in [-0.05, 0) is 6.92 Å². The molecule has 0 atom stereocenters. The number of carboxylic acids is 1. The van der Waals surface area contributed by atoms with Crippen LogP contribution in [-0.2, 0) is 17.9 Å². The predicted octanol–water partition coefficient (Wildman–Crippen LogP) is 0.467. The Labute approximate surface area is 82.8 Å². The summed E-state index contributed by atoms with van der Waals surface area (Å²) in [5.74, 6) is -0.776. The van der Waals surface area contributed by atoms with Gasteiger partial charge in [0, 0.05) is 25.8 Å². The van der Waals surface area contributed by atoms with Gasteiger partial charge in [0.15, 0.2) is 0 Å². The maximum atomic E-state index is 10.2. The van der Waals surface area contributed by atoms with E-state index in [-0.39, 0.29) is 6.42 Å². The highest BCUT2D eigenvalue weighted by atomic mass is 16.4. The molecule has 0 unspecified atom stereocenters. The molecule has 0 radical (unpaired) electrons. The lowest BCUT2D eigenvalue weighted by Gasteiger charge is -2.05. The molecule has 0 amide bonds. The van der Waals surface area contributed by atoms with E-state index in [1.54, 1.807) is 12.5 Å². The summed E-state index contributed by atoms with van der Waals surface area (Å²) in [4.78, 5) is 14.2. The Hall–Kier alpha value is -1.36. The Morgan fingerprint density at radius 1 is 1.71 bits per heavy atom. The molecule has 1 rings (SSSR count). The van der Waals surface area contributed by atoms with E-state index in [1.807, 2.05) is 11.5 Å². The van der Waals surface area contributed by atoms with Crippen LogP contribution in [0.5, 0.6) is 0 Å². The summed E-state index contributed by atoms with van der Waals surface area (Å²) in [5.41, 5.74) is 1.08. The first-order valence-electron chi connectivity index (χ1n) is 4.65. The smallest absolute Gasteiger partial charge is 0.304 e. The minimum Gasteiger partial charge on any atom is -0.481 e. The molecule has 0 spiro atoms. The molecule has 0 saturated heterocycles. The van der Waals surface area contributed by atoms with Crippen molar-refractivity contribution in [3.63, 3.8) is 0 Å². The summed E-state index contributed by atoms with van der Waals surface area (Å²) in [6.07, 6.45) is 3.71. The van der Waals surface area contributed by atoms with Gasteiger partial charge in [0.2, 0.25) is 0 Å². The Kier molecular flexibility index (Phi) is 4.12. The molecule has 0 aromatic carbocycles. The van der Waals surface area contributed by atoms with Gasteiger partial charge in [-0.3, -0.25) is 4.79 Å². The van der Waals surface area contributed by atoms with E-state index in [9.17, 15) is 4.79 Å². The standard InChI is InChI=1S/C9H15N3O2/c1-2-12-7-11-6-8(12)5-10-4-3-9(13)14/h6-7,10H,2-5H2,1H3,(H,13,14). The Morgan fingerprint density at radius 2 is 2.50 bits per heavy atom. The van der Waals surface area contributed by atoms with Crippen molar-refractivity contribution in [2.24, 2.45) is 0 Å². The number of nitrogens with one attached hydrogen (secondary N) is 1. The van der Waals surface area contributed by atoms with Crippen LogP contribution < -0.4 is 5.32 Å². The fourth-order valence-corrected chi connectivity index (χ4v) is 1.19. The summed E-state index contributed by atoms with van der Waals surface area (Å²) in [7, 11) is 0. The quantitative estimate of drug-likeness (QED) is 0.650. The van der Waals surface area contributed by atoms with Crippen molar-refractivity contribution in [3.05, 3.63) is 18.2 Å². The SMILES string of the molecule is CCn1cncc1CNCCC(=O)O. The lowest BCUT2D eigenvalue weighted by Crippen LogP contribution is -2.19. The van der Waals surface area contributed by atoms with Crippen LogP contribution in [0.1, 0.15) is 19.0 Å². The number of hydrogen-bond acceptors (Lipinski definition) is 3. The molecule has 1 heterocycles. The van der Waals surface area contributed by atoms with E-state index in [2.05, 4.69) is 10.3 Å². The summed E-state index contributed by atoms with van der Waals surface area (Å²) in [6, 6.07) is 0. The number of carbonyl (C=O) groups is 1. The van der Waals surface area contributed by atoms with E-state index < -0.39 is 5.97 Å². The van der Waals surface area contributed by atoms with Crippen LogP contribution in [0, 0.1) is 0 Å². The molecule has 78 valence electrons. The second kappa shape index (κ2) is 5.39. The highest BCUT2D eigenvalue weighted by Gasteiger charge is 2.00. The number of aromatic nitrogens is 2. The van der Waals surface area contributed by atoms with Crippen molar-refractivity contribution in [3.8, 4) is 0 Å². The molecule has 0 saturated carbocycles. The molecule has 5 heteroatoms. The molecule has 1 aromatic heterocycles. The van der Waals surface area contributed by atoms with E-state index in [0.717, 1.165) is 12.2 Å². The Bertz CT molecular complexity index is 296. The first-order chi connectivity index (χ1) is 6.74. The van der Waals surface area contributed by atoms with Crippen molar-refractivity contribution in [2.45, 2.75) is 26.4 Å². The average molecular weight is 197 g/mol. The third-order valence-corrected chi connectivity index (χ3v) is 1.96. The van der Waals surface area contributed by atoms with Gasteiger partial charge in [-0.1, -0.05) is 0 Å². The Morgan fingerprint density at radius 3 is 3.14 bits per heavy atom. The maximum Gasteiger partial charge on any atom is 0.304 e. The number of aryl methyl sites for hydroxylation is 1. The van der Waals surface area contributed by atoms with Crippen molar-refractivity contribution in [2.75, 3.05) is 6.54 Å². The number of carboxylic acid groups (broad SMARTS) is 1. The summed E-state index contributed by atoms with van der Waals surface area (Å²) in [6.45, 7) is 4.09. The molecule has 0 aliphatic carbocycles. The van der Waals surface area contributed by atoms with E-state index in [0.29, 0.717) is 13.1 Å². The van der Waals surface area contributed by atoms with Crippen LogP contribution in [0.15, 0.2) is 12.5 Å². The van der Waals surface area contributed by atoms with E-state index >= 15 is 0 Å². The van der Waals surface area contributed by atoms with Gasteiger partial charge in [-0.15, -0.1) is 0 Å². The van der Waals surface area contributed by atoms with Gasteiger partial charge in [0.25, 0.3) is 0 Å². The normalized spacial score (nSPS) is 10.4. The first-order valence-corrected chi connectivity index (χ1v) is 4.65. The second-order valence-electron chi connectivity index (χ2n) is 2.99. The van der Waals surface area contributed by atoms with Crippen LogP contribution in [-0.4, -0.2) is 27.2 Å². The molecule has 0 fully saturated rings. The zero-order valence-corrected chi connectivity index (χ0v) is 8.23. The monoisotopic (exact) mass is 197 g/mol. The largest absolute Gasteiger partial charge is 0.481 e. The maximum absolute atomic E-state index is 10.2. The fourth-order valence-electron chi connectivity index (χ4n) is 1.19. The van der Waals surface area contributed by atoms with Crippen LogP contribution in [0.4, 0.5) is 0 Å². The highest BCUT2D eigenvalue weighted by molar-refractivity contribution is 5.66. The van der Waals surface area contributed by atoms with Gasteiger partial charge in [0.05, 0.1) is 18.4 Å². The Balaban J connectivity index is 2.27. The summed E-state index contributed by atoms with van der Waals surface area (Å²) >= 11 is 0. The lowest BCUT2D eigenvalue weighted by atomic mass is 10.4. The van der Waals surface area contributed by atoms with Gasteiger partial charge in [0.1, 0.15) is 0 Å². The number of imidazole rings is 1. The molecule has 5 nitrogen and oxygen atoms in total. The first kappa shape index (κ1) is 10.7. The number of aliphatic carboxylic acids is 1. The van der Waals surface area contributed by atoms with E-state index in [4.69, 9.17) is 5.11 Å². The van der Waals surface area contributed by atoms with Crippen molar-refractivity contribution >= 4 is 5.97 Å². The zero-order valence-electron chi connectivity index (χ0n) is 8.23. The molecular weight excluding hydrogens is 182 g/mol.